The van der Waals surface area contributed by atoms with Crippen LogP contribution in [0.5, 0.6) is 0 Å². The van der Waals surface area contributed by atoms with Crippen molar-refractivity contribution in [3.05, 3.63) is 29.5 Å². The highest BCUT2D eigenvalue weighted by molar-refractivity contribution is 5.85. The van der Waals surface area contributed by atoms with E-state index >= 15 is 0 Å². The number of hydrogen-bond donors (Lipinski definition) is 1. The molecular weight excluding hydrogens is 328 g/mol. The van der Waals surface area contributed by atoms with Crippen molar-refractivity contribution < 1.29 is 4.52 Å². The van der Waals surface area contributed by atoms with Crippen molar-refractivity contribution in [1.29, 1.82) is 0 Å². The number of nitrogens with zero attached hydrogens (tertiary/aromatic N) is 5. The molecule has 0 unspecified atom stereocenters. The molecule has 1 N–H and O–H groups in total. The molecule has 0 saturated carbocycles. The molecule has 4 heterocycles. The van der Waals surface area contributed by atoms with E-state index in [-0.39, 0.29) is 12.4 Å². The molecular formula is C16H21ClN6O. The molecule has 0 aliphatic carbocycles. The third-order valence-electron chi connectivity index (χ3n) is 4.43. The largest absolute Gasteiger partial charge is 0.339 e. The normalized spacial score (nSPS) is 21.0. The van der Waals surface area contributed by atoms with E-state index < -0.39 is 0 Å². The van der Waals surface area contributed by atoms with E-state index in [1.165, 1.54) is 0 Å². The molecule has 24 heavy (non-hydrogen) atoms. The van der Waals surface area contributed by atoms with Crippen LogP contribution in [0, 0.1) is 13.8 Å². The molecule has 7 nitrogen and oxygen atoms in total. The summed E-state index contributed by atoms with van der Waals surface area (Å²) in [5.74, 6) is 1.61. The van der Waals surface area contributed by atoms with Crippen molar-refractivity contribution in [3.63, 3.8) is 0 Å². The van der Waals surface area contributed by atoms with Crippen molar-refractivity contribution in [3.8, 4) is 11.4 Å². The summed E-state index contributed by atoms with van der Waals surface area (Å²) in [5, 5.41) is 12.0. The minimum Gasteiger partial charge on any atom is -0.339 e. The van der Waals surface area contributed by atoms with Crippen LogP contribution in [-0.2, 0) is 0 Å². The molecule has 3 aromatic rings. The smallest absolute Gasteiger partial charge is 0.230 e. The lowest BCUT2D eigenvalue weighted by Crippen LogP contribution is -2.34. The van der Waals surface area contributed by atoms with Gasteiger partial charge in [-0.25, -0.2) is 9.50 Å². The maximum absolute atomic E-state index is 5.53. The van der Waals surface area contributed by atoms with Gasteiger partial charge in [-0.2, -0.15) is 10.1 Å². The van der Waals surface area contributed by atoms with Gasteiger partial charge in [0.1, 0.15) is 0 Å². The minimum atomic E-state index is 0. The lowest BCUT2D eigenvalue weighted by Gasteiger charge is -2.25. The van der Waals surface area contributed by atoms with Crippen LogP contribution in [0.3, 0.4) is 0 Å². The first-order chi connectivity index (χ1) is 11.1. The van der Waals surface area contributed by atoms with Crippen molar-refractivity contribution in [1.82, 2.24) is 30.1 Å². The first-order valence-electron chi connectivity index (χ1n) is 8.01. The molecule has 1 fully saturated rings. The predicted molar refractivity (Wildman–Crippen MR) is 92.4 cm³/mol. The van der Waals surface area contributed by atoms with Crippen LogP contribution in [0.25, 0.3) is 17.0 Å². The molecule has 2 atom stereocenters. The fourth-order valence-electron chi connectivity index (χ4n) is 3.29. The minimum absolute atomic E-state index is 0. The van der Waals surface area contributed by atoms with Crippen LogP contribution in [0.1, 0.15) is 43.0 Å². The van der Waals surface area contributed by atoms with Gasteiger partial charge in [0.05, 0.1) is 11.8 Å². The Morgan fingerprint density at radius 2 is 2.12 bits per heavy atom. The Bertz CT molecular complexity index is 857. The maximum atomic E-state index is 5.53. The summed E-state index contributed by atoms with van der Waals surface area (Å²) >= 11 is 0. The number of rotatable bonds is 2. The molecule has 1 aliphatic heterocycles. The van der Waals surface area contributed by atoms with Gasteiger partial charge < -0.3 is 9.84 Å². The molecule has 1 saturated heterocycles. The number of aromatic nitrogens is 5. The third-order valence-corrected chi connectivity index (χ3v) is 4.43. The van der Waals surface area contributed by atoms with E-state index in [1.54, 1.807) is 6.20 Å². The fourth-order valence-corrected chi connectivity index (χ4v) is 3.29. The quantitative estimate of drug-likeness (QED) is 0.766. The summed E-state index contributed by atoms with van der Waals surface area (Å²) in [4.78, 5) is 9.20. The molecule has 0 amide bonds. The SMILES string of the molecule is Cc1cc(C)n2ncc(-c3noc([C@H]4CCN[C@@H](C)C4)n3)c2n1.Cl. The van der Waals surface area contributed by atoms with Gasteiger partial charge in [0.15, 0.2) is 5.65 Å². The fraction of sp³-hybridized carbons (Fsp3) is 0.500. The zero-order valence-electron chi connectivity index (χ0n) is 14.0. The lowest BCUT2D eigenvalue weighted by molar-refractivity contribution is 0.295. The average molecular weight is 349 g/mol. The Morgan fingerprint density at radius 3 is 2.92 bits per heavy atom. The Morgan fingerprint density at radius 1 is 1.29 bits per heavy atom. The van der Waals surface area contributed by atoms with Gasteiger partial charge in [-0.05, 0) is 46.2 Å². The van der Waals surface area contributed by atoms with E-state index in [9.17, 15) is 0 Å². The Balaban J connectivity index is 0.00000169. The van der Waals surface area contributed by atoms with E-state index in [1.807, 2.05) is 24.4 Å². The summed E-state index contributed by atoms with van der Waals surface area (Å²) in [6, 6.07) is 2.48. The zero-order valence-corrected chi connectivity index (χ0v) is 14.8. The molecule has 1 aliphatic rings. The van der Waals surface area contributed by atoms with E-state index in [0.717, 1.165) is 47.9 Å². The van der Waals surface area contributed by atoms with Crippen LogP contribution in [0.2, 0.25) is 0 Å². The molecule has 0 aromatic carbocycles. The van der Waals surface area contributed by atoms with Gasteiger partial charge in [-0.1, -0.05) is 5.16 Å². The van der Waals surface area contributed by atoms with Gasteiger partial charge in [-0.15, -0.1) is 12.4 Å². The maximum Gasteiger partial charge on any atom is 0.230 e. The highest BCUT2D eigenvalue weighted by atomic mass is 35.5. The Kier molecular flexibility index (Phi) is 4.56. The molecule has 8 heteroatoms. The summed E-state index contributed by atoms with van der Waals surface area (Å²) in [7, 11) is 0. The van der Waals surface area contributed by atoms with Crippen molar-refractivity contribution in [2.75, 3.05) is 6.54 Å². The van der Waals surface area contributed by atoms with E-state index in [0.29, 0.717) is 17.8 Å². The van der Waals surface area contributed by atoms with Gasteiger partial charge >= 0.3 is 0 Å². The van der Waals surface area contributed by atoms with Crippen LogP contribution in [0.4, 0.5) is 0 Å². The second-order valence-corrected chi connectivity index (χ2v) is 6.37. The van der Waals surface area contributed by atoms with Crippen molar-refractivity contribution in [2.24, 2.45) is 0 Å². The van der Waals surface area contributed by atoms with Gasteiger partial charge in [0.25, 0.3) is 0 Å². The number of piperidine rings is 1. The van der Waals surface area contributed by atoms with Gasteiger partial charge in [-0.3, -0.25) is 0 Å². The topological polar surface area (TPSA) is 81.1 Å². The summed E-state index contributed by atoms with van der Waals surface area (Å²) < 4.78 is 7.34. The van der Waals surface area contributed by atoms with Crippen LogP contribution >= 0.6 is 12.4 Å². The van der Waals surface area contributed by atoms with Crippen LogP contribution in [0.15, 0.2) is 16.8 Å². The highest BCUT2D eigenvalue weighted by Gasteiger charge is 2.26. The first-order valence-corrected chi connectivity index (χ1v) is 8.01. The molecule has 4 rings (SSSR count). The Hall–Kier alpha value is -1.99. The molecule has 0 spiro atoms. The van der Waals surface area contributed by atoms with E-state index in [2.05, 4.69) is 32.5 Å². The summed E-state index contributed by atoms with van der Waals surface area (Å²) in [6.07, 6.45) is 3.80. The molecule has 3 aromatic heterocycles. The number of fused-ring (bicyclic) bond motifs is 1. The molecule has 0 bridgehead atoms. The number of aryl methyl sites for hydroxylation is 2. The van der Waals surface area contributed by atoms with Crippen molar-refractivity contribution in [2.45, 2.75) is 45.6 Å². The number of halogens is 1. The van der Waals surface area contributed by atoms with Gasteiger partial charge in [0, 0.05) is 23.3 Å². The Labute approximate surface area is 146 Å². The summed E-state index contributed by atoms with van der Waals surface area (Å²) in [6.45, 7) is 7.16. The second-order valence-electron chi connectivity index (χ2n) is 6.37. The van der Waals surface area contributed by atoms with E-state index in [4.69, 9.17) is 4.52 Å². The first kappa shape index (κ1) is 16.9. The van der Waals surface area contributed by atoms with Crippen molar-refractivity contribution >= 4 is 18.1 Å². The summed E-state index contributed by atoms with van der Waals surface area (Å²) in [5.41, 5.74) is 3.57. The highest BCUT2D eigenvalue weighted by Crippen LogP contribution is 2.29. The molecule has 128 valence electrons. The monoisotopic (exact) mass is 348 g/mol. The van der Waals surface area contributed by atoms with Gasteiger partial charge in [0.2, 0.25) is 11.7 Å². The van der Waals surface area contributed by atoms with Crippen LogP contribution < -0.4 is 5.32 Å². The number of hydrogen-bond acceptors (Lipinski definition) is 6. The zero-order chi connectivity index (χ0) is 16.0. The third kappa shape index (κ3) is 2.89. The standard InChI is InChI=1S/C16H20N6O.ClH/c1-9-7-12(4-5-17-9)16-20-14(21-23-16)13-8-18-22-11(3)6-10(2)19-15(13)22;/h6,8-9,12,17H,4-5,7H2,1-3H3;1H/t9-,12-;/m0./s1. The predicted octanol–water partition coefficient (Wildman–Crippen LogP) is 2.67. The van der Waals surface area contributed by atoms with Crippen LogP contribution in [-0.4, -0.2) is 37.3 Å². The second kappa shape index (κ2) is 6.49. The number of nitrogens with one attached hydrogen (secondary N) is 1. The average Bonchev–Trinajstić information content (AvgIpc) is 3.13. The molecule has 0 radical (unpaired) electrons. The lowest BCUT2D eigenvalue weighted by atomic mass is 9.93.